The van der Waals surface area contributed by atoms with Crippen LogP contribution in [0.15, 0.2) is 18.2 Å². The Bertz CT molecular complexity index is 461. The number of hydrogen-bond donors (Lipinski definition) is 1. The number of nitrogens with one attached hydrogen (secondary N) is 1. The molecular formula is C12H14ClNO4. The summed E-state index contributed by atoms with van der Waals surface area (Å²) in [5, 5.41) is 2.77. The normalized spacial score (nSPS) is 11.6. The number of amides is 1. The van der Waals surface area contributed by atoms with Crippen molar-refractivity contribution >= 4 is 23.5 Å². The maximum Gasteiger partial charge on any atom is 0.342 e. The van der Waals surface area contributed by atoms with Crippen molar-refractivity contribution in [2.75, 3.05) is 14.2 Å². The van der Waals surface area contributed by atoms with Gasteiger partial charge in [0.1, 0.15) is 11.3 Å². The largest absolute Gasteiger partial charge is 0.496 e. The summed E-state index contributed by atoms with van der Waals surface area (Å²) in [7, 11) is 2.90. The predicted molar refractivity (Wildman–Crippen MR) is 66.9 cm³/mol. The Kier molecular flexibility index (Phi) is 4.97. The third-order valence-corrected chi connectivity index (χ3v) is 2.52. The molecule has 0 aliphatic carbocycles. The molecule has 0 aliphatic rings. The molecule has 0 radical (unpaired) electrons. The second kappa shape index (κ2) is 6.26. The highest BCUT2D eigenvalue weighted by Crippen LogP contribution is 2.23. The van der Waals surface area contributed by atoms with E-state index in [1.807, 2.05) is 0 Å². The summed E-state index contributed by atoms with van der Waals surface area (Å²) in [6.45, 7) is 1.48. The fourth-order valence-electron chi connectivity index (χ4n) is 1.32. The van der Waals surface area contributed by atoms with Gasteiger partial charge >= 0.3 is 5.97 Å². The number of esters is 1. The van der Waals surface area contributed by atoms with E-state index in [2.05, 4.69) is 5.32 Å². The van der Waals surface area contributed by atoms with Gasteiger partial charge in [-0.15, -0.1) is 0 Å². The maximum absolute atomic E-state index is 11.9. The van der Waals surface area contributed by atoms with Crippen molar-refractivity contribution in [2.45, 2.75) is 13.0 Å². The Morgan fingerprint density at radius 2 is 2.06 bits per heavy atom. The number of benzene rings is 1. The van der Waals surface area contributed by atoms with Crippen LogP contribution >= 0.6 is 11.6 Å². The molecular weight excluding hydrogens is 258 g/mol. The molecule has 0 spiro atoms. The van der Waals surface area contributed by atoms with Crippen LogP contribution in [0.3, 0.4) is 0 Å². The van der Waals surface area contributed by atoms with E-state index >= 15 is 0 Å². The first-order valence-corrected chi connectivity index (χ1v) is 5.63. The maximum atomic E-state index is 11.9. The second-order valence-corrected chi connectivity index (χ2v) is 3.94. The lowest BCUT2D eigenvalue weighted by molar-refractivity contribution is -0.128. The van der Waals surface area contributed by atoms with Gasteiger partial charge < -0.3 is 14.8 Å². The molecule has 1 aromatic carbocycles. The van der Waals surface area contributed by atoms with E-state index in [4.69, 9.17) is 21.1 Å². The molecule has 5 nitrogen and oxygen atoms in total. The number of likely N-dealkylation sites (N-methyl/N-ethyl adjacent to an activating group) is 1. The third kappa shape index (κ3) is 3.37. The van der Waals surface area contributed by atoms with Crippen LogP contribution in [0, 0.1) is 0 Å². The fourth-order valence-corrected chi connectivity index (χ4v) is 1.49. The average Bonchev–Trinajstić information content (AvgIpc) is 2.37. The zero-order valence-electron chi connectivity index (χ0n) is 10.3. The quantitative estimate of drug-likeness (QED) is 0.846. The molecule has 1 rings (SSSR count). The van der Waals surface area contributed by atoms with Crippen molar-refractivity contribution in [1.29, 1.82) is 0 Å². The Hall–Kier alpha value is -1.75. The third-order valence-electron chi connectivity index (χ3n) is 2.28. The summed E-state index contributed by atoms with van der Waals surface area (Å²) in [6.07, 6.45) is -0.883. The zero-order chi connectivity index (χ0) is 13.7. The molecule has 1 atom stereocenters. The van der Waals surface area contributed by atoms with E-state index in [1.165, 1.54) is 27.1 Å². The van der Waals surface area contributed by atoms with Gasteiger partial charge in [-0.25, -0.2) is 4.79 Å². The topological polar surface area (TPSA) is 64.6 Å². The lowest BCUT2D eigenvalue weighted by Crippen LogP contribution is -2.33. The molecule has 18 heavy (non-hydrogen) atoms. The van der Waals surface area contributed by atoms with Crippen molar-refractivity contribution in [2.24, 2.45) is 0 Å². The second-order valence-electron chi connectivity index (χ2n) is 3.51. The molecule has 0 aliphatic heterocycles. The monoisotopic (exact) mass is 271 g/mol. The average molecular weight is 272 g/mol. The van der Waals surface area contributed by atoms with Gasteiger partial charge in [0.15, 0.2) is 6.10 Å². The highest BCUT2D eigenvalue weighted by Gasteiger charge is 2.20. The molecule has 98 valence electrons. The molecule has 0 saturated carbocycles. The van der Waals surface area contributed by atoms with Crippen LogP contribution in [-0.4, -0.2) is 32.1 Å². The summed E-state index contributed by atoms with van der Waals surface area (Å²) >= 11 is 5.80. The van der Waals surface area contributed by atoms with Crippen LogP contribution < -0.4 is 10.1 Å². The molecule has 0 saturated heterocycles. The summed E-state index contributed by atoms with van der Waals surface area (Å²) < 4.78 is 10.0. The lowest BCUT2D eigenvalue weighted by Gasteiger charge is -2.13. The first-order valence-electron chi connectivity index (χ1n) is 5.25. The number of methoxy groups -OCH3 is 1. The van der Waals surface area contributed by atoms with E-state index in [-0.39, 0.29) is 11.5 Å². The molecule has 1 N–H and O–H groups in total. The van der Waals surface area contributed by atoms with Crippen LogP contribution in [0.4, 0.5) is 0 Å². The summed E-state index contributed by atoms with van der Waals surface area (Å²) in [6, 6.07) is 4.59. The van der Waals surface area contributed by atoms with Crippen LogP contribution in [0.2, 0.25) is 5.02 Å². The summed E-state index contributed by atoms with van der Waals surface area (Å²) in [5.41, 5.74) is 0.181. The minimum Gasteiger partial charge on any atom is -0.496 e. The van der Waals surface area contributed by atoms with Crippen LogP contribution in [0.1, 0.15) is 17.3 Å². The van der Waals surface area contributed by atoms with E-state index in [9.17, 15) is 9.59 Å². The van der Waals surface area contributed by atoms with Crippen molar-refractivity contribution in [1.82, 2.24) is 5.32 Å². The number of rotatable bonds is 4. The highest BCUT2D eigenvalue weighted by atomic mass is 35.5. The number of carbonyl (C=O) groups excluding carboxylic acids is 2. The molecule has 0 heterocycles. The highest BCUT2D eigenvalue weighted by molar-refractivity contribution is 6.31. The minimum absolute atomic E-state index is 0.181. The minimum atomic E-state index is -0.883. The van der Waals surface area contributed by atoms with Gasteiger partial charge in [0.25, 0.3) is 5.91 Å². The Labute approximate surface area is 110 Å². The van der Waals surface area contributed by atoms with Gasteiger partial charge in [-0.3, -0.25) is 4.79 Å². The Morgan fingerprint density at radius 1 is 1.39 bits per heavy atom. The molecule has 1 amide bonds. The van der Waals surface area contributed by atoms with Crippen molar-refractivity contribution < 1.29 is 19.1 Å². The zero-order valence-corrected chi connectivity index (χ0v) is 11.1. The Morgan fingerprint density at radius 3 is 2.61 bits per heavy atom. The van der Waals surface area contributed by atoms with Gasteiger partial charge in [-0.05, 0) is 25.1 Å². The predicted octanol–water partition coefficient (Wildman–Crippen LogP) is 1.64. The molecule has 0 fully saturated rings. The van der Waals surface area contributed by atoms with Gasteiger partial charge in [0.05, 0.1) is 7.11 Å². The first kappa shape index (κ1) is 14.3. The molecule has 1 aromatic rings. The molecule has 1 unspecified atom stereocenters. The van der Waals surface area contributed by atoms with Crippen molar-refractivity contribution in [3.8, 4) is 5.75 Å². The van der Waals surface area contributed by atoms with E-state index in [0.717, 1.165) is 0 Å². The van der Waals surface area contributed by atoms with Crippen LogP contribution in [0.25, 0.3) is 0 Å². The fraction of sp³-hybridized carbons (Fsp3) is 0.333. The number of ether oxygens (including phenoxy) is 2. The number of halogens is 1. The summed E-state index contributed by atoms with van der Waals surface area (Å²) in [4.78, 5) is 23.1. The standard InChI is InChI=1S/C12H14ClNO4/c1-7(11(15)14-2)18-12(16)9-6-8(13)4-5-10(9)17-3/h4-7H,1-3H3,(H,14,15). The van der Waals surface area contributed by atoms with Crippen LogP contribution in [0.5, 0.6) is 5.75 Å². The smallest absolute Gasteiger partial charge is 0.342 e. The van der Waals surface area contributed by atoms with Gasteiger partial charge in [-0.1, -0.05) is 11.6 Å². The number of hydrogen-bond acceptors (Lipinski definition) is 4. The molecule has 6 heteroatoms. The number of carbonyl (C=O) groups is 2. The lowest BCUT2D eigenvalue weighted by atomic mass is 10.2. The first-order chi connectivity index (χ1) is 8.49. The SMILES string of the molecule is CNC(=O)C(C)OC(=O)c1cc(Cl)ccc1OC. The summed E-state index contributed by atoms with van der Waals surface area (Å²) in [5.74, 6) is -0.705. The van der Waals surface area contributed by atoms with Crippen molar-refractivity contribution in [3.05, 3.63) is 28.8 Å². The Balaban J connectivity index is 2.90. The van der Waals surface area contributed by atoms with Gasteiger partial charge in [0.2, 0.25) is 0 Å². The van der Waals surface area contributed by atoms with Crippen molar-refractivity contribution in [3.63, 3.8) is 0 Å². The van der Waals surface area contributed by atoms with Crippen LogP contribution in [-0.2, 0) is 9.53 Å². The van der Waals surface area contributed by atoms with E-state index in [1.54, 1.807) is 12.1 Å². The van der Waals surface area contributed by atoms with E-state index < -0.39 is 12.1 Å². The van der Waals surface area contributed by atoms with E-state index in [0.29, 0.717) is 10.8 Å². The van der Waals surface area contributed by atoms with Gasteiger partial charge in [0, 0.05) is 12.1 Å². The van der Waals surface area contributed by atoms with Gasteiger partial charge in [-0.2, -0.15) is 0 Å². The molecule has 0 bridgehead atoms. The molecule has 0 aromatic heterocycles.